The maximum absolute atomic E-state index is 11.2. The maximum atomic E-state index is 11.2. The molecule has 0 aliphatic carbocycles. The monoisotopic (exact) mass is 295 g/mol. The fourth-order valence-electron chi connectivity index (χ4n) is 2.23. The molecule has 1 N–H and O–H groups in total. The molecule has 0 radical (unpaired) electrons. The first-order chi connectivity index (χ1) is 10.3. The molecule has 1 aromatic rings. The second-order valence-corrected chi connectivity index (χ2v) is 5.26. The fraction of sp³-hybridized carbons (Fsp3) is 0.750. The van der Waals surface area contributed by atoms with E-state index in [1.165, 1.54) is 44.9 Å². The summed E-state index contributed by atoms with van der Waals surface area (Å²) in [6.45, 7) is 5.58. The Kier molecular flexibility index (Phi) is 9.53. The quantitative estimate of drug-likeness (QED) is 0.472. The minimum atomic E-state index is -0.346. The van der Waals surface area contributed by atoms with Gasteiger partial charge in [-0.1, -0.05) is 51.9 Å². The average molecular weight is 295 g/mol. The predicted molar refractivity (Wildman–Crippen MR) is 86.4 cm³/mol. The Morgan fingerprint density at radius 1 is 1.10 bits per heavy atom. The molecule has 0 fully saturated rings. The molecule has 120 valence electrons. The number of H-pyrrole nitrogens is 1. The van der Waals surface area contributed by atoms with E-state index in [1.807, 2.05) is 6.92 Å². The van der Waals surface area contributed by atoms with Crippen LogP contribution in [0.15, 0.2) is 17.1 Å². The molecule has 21 heavy (non-hydrogen) atoms. The zero-order chi connectivity index (χ0) is 15.3. The van der Waals surface area contributed by atoms with Crippen LogP contribution in [-0.2, 0) is 4.84 Å². The zero-order valence-electron chi connectivity index (χ0n) is 13.4. The number of nitrogens with zero attached hydrogens (tertiary/aromatic N) is 2. The first-order valence-electron chi connectivity index (χ1n) is 8.24. The van der Waals surface area contributed by atoms with Crippen LogP contribution < -0.4 is 10.8 Å². The number of anilines is 1. The third kappa shape index (κ3) is 7.85. The SMILES string of the molecule is CCCCCCCCCCON(CC)c1cc[nH]c(=O)n1. The van der Waals surface area contributed by atoms with Gasteiger partial charge in [-0.25, -0.2) is 9.86 Å². The van der Waals surface area contributed by atoms with E-state index in [1.54, 1.807) is 17.3 Å². The van der Waals surface area contributed by atoms with Crippen LogP contribution in [0.3, 0.4) is 0 Å². The van der Waals surface area contributed by atoms with Gasteiger partial charge in [-0.15, -0.1) is 0 Å². The van der Waals surface area contributed by atoms with Crippen LogP contribution in [0.5, 0.6) is 0 Å². The summed E-state index contributed by atoms with van der Waals surface area (Å²) in [4.78, 5) is 23.3. The van der Waals surface area contributed by atoms with E-state index in [9.17, 15) is 4.79 Å². The van der Waals surface area contributed by atoms with Crippen LogP contribution in [0.25, 0.3) is 0 Å². The van der Waals surface area contributed by atoms with Crippen LogP contribution in [0, 0.1) is 0 Å². The topological polar surface area (TPSA) is 58.2 Å². The second-order valence-electron chi connectivity index (χ2n) is 5.26. The number of hydroxylamine groups is 1. The van der Waals surface area contributed by atoms with Crippen molar-refractivity contribution >= 4 is 5.82 Å². The third-order valence-corrected chi connectivity index (χ3v) is 3.44. The summed E-state index contributed by atoms with van der Waals surface area (Å²) in [6.07, 6.45) is 11.8. The molecule has 0 bridgehead atoms. The second kappa shape index (κ2) is 11.3. The molecule has 0 amide bonds. The summed E-state index contributed by atoms with van der Waals surface area (Å²) in [5.41, 5.74) is -0.346. The zero-order valence-corrected chi connectivity index (χ0v) is 13.4. The van der Waals surface area contributed by atoms with E-state index in [4.69, 9.17) is 4.84 Å². The molecule has 1 rings (SSSR count). The van der Waals surface area contributed by atoms with Gasteiger partial charge in [0, 0.05) is 12.7 Å². The lowest BCUT2D eigenvalue weighted by Crippen LogP contribution is -2.27. The van der Waals surface area contributed by atoms with E-state index in [2.05, 4.69) is 16.9 Å². The first kappa shape index (κ1) is 17.7. The molecule has 0 spiro atoms. The Morgan fingerprint density at radius 3 is 2.38 bits per heavy atom. The highest BCUT2D eigenvalue weighted by molar-refractivity contribution is 5.32. The Bertz CT molecular complexity index is 420. The van der Waals surface area contributed by atoms with E-state index in [0.717, 1.165) is 6.42 Å². The molecule has 0 saturated heterocycles. The lowest BCUT2D eigenvalue weighted by Gasteiger charge is -2.20. The lowest BCUT2D eigenvalue weighted by atomic mass is 10.1. The normalized spacial score (nSPS) is 10.8. The molecule has 0 aliphatic rings. The highest BCUT2D eigenvalue weighted by Crippen LogP contribution is 2.10. The van der Waals surface area contributed by atoms with Gasteiger partial charge < -0.3 is 4.98 Å². The third-order valence-electron chi connectivity index (χ3n) is 3.44. The number of unbranched alkanes of at least 4 members (excludes halogenated alkanes) is 7. The summed E-state index contributed by atoms with van der Waals surface area (Å²) in [5.74, 6) is 0.570. The molecule has 5 heteroatoms. The van der Waals surface area contributed by atoms with Crippen molar-refractivity contribution in [2.45, 2.75) is 65.2 Å². The van der Waals surface area contributed by atoms with Gasteiger partial charge >= 0.3 is 5.69 Å². The van der Waals surface area contributed by atoms with Gasteiger partial charge in [-0.05, 0) is 19.4 Å². The molecule has 5 nitrogen and oxygen atoms in total. The van der Waals surface area contributed by atoms with Crippen molar-refractivity contribution in [3.63, 3.8) is 0 Å². The number of hydrogen-bond donors (Lipinski definition) is 1. The molecule has 0 aromatic carbocycles. The number of rotatable bonds is 12. The molecular formula is C16H29N3O2. The van der Waals surface area contributed by atoms with Crippen LogP contribution in [0.1, 0.15) is 65.2 Å². The molecule has 0 aliphatic heterocycles. The molecular weight excluding hydrogens is 266 g/mol. The van der Waals surface area contributed by atoms with Gasteiger partial charge in [0.15, 0.2) is 5.82 Å². The smallest absolute Gasteiger partial charge is 0.313 e. The molecule has 0 saturated carbocycles. The molecule has 1 heterocycles. The van der Waals surface area contributed by atoms with Gasteiger partial charge in [0.2, 0.25) is 0 Å². The highest BCUT2D eigenvalue weighted by atomic mass is 16.7. The Balaban J connectivity index is 2.11. The van der Waals surface area contributed by atoms with Crippen molar-refractivity contribution in [2.24, 2.45) is 0 Å². The standard InChI is InChI=1S/C16H29N3O2/c1-3-5-6-7-8-9-10-11-14-21-19(4-2)15-12-13-17-16(20)18-15/h12-13H,3-11,14H2,1-2H3,(H,17,18,20). The summed E-state index contributed by atoms with van der Waals surface area (Å²) in [5, 5.41) is 1.68. The van der Waals surface area contributed by atoms with E-state index < -0.39 is 0 Å². The maximum Gasteiger partial charge on any atom is 0.346 e. The number of aromatic amines is 1. The summed E-state index contributed by atoms with van der Waals surface area (Å²) in [6, 6.07) is 1.75. The number of aromatic nitrogens is 2. The van der Waals surface area contributed by atoms with Gasteiger partial charge in [0.05, 0.1) is 6.61 Å². The van der Waals surface area contributed by atoms with Crippen molar-refractivity contribution in [1.29, 1.82) is 0 Å². The lowest BCUT2D eigenvalue weighted by molar-refractivity contribution is 0.105. The van der Waals surface area contributed by atoms with E-state index in [0.29, 0.717) is 19.0 Å². The number of nitrogens with one attached hydrogen (secondary N) is 1. The largest absolute Gasteiger partial charge is 0.346 e. The van der Waals surface area contributed by atoms with Crippen LogP contribution in [-0.4, -0.2) is 23.1 Å². The van der Waals surface area contributed by atoms with E-state index in [-0.39, 0.29) is 5.69 Å². The summed E-state index contributed by atoms with van der Waals surface area (Å²) >= 11 is 0. The Labute approximate surface area is 127 Å². The molecule has 1 aromatic heterocycles. The van der Waals surface area contributed by atoms with Crippen LogP contribution in [0.2, 0.25) is 0 Å². The van der Waals surface area contributed by atoms with Gasteiger partial charge in [0.1, 0.15) is 0 Å². The number of hydrogen-bond acceptors (Lipinski definition) is 4. The van der Waals surface area contributed by atoms with Crippen molar-refractivity contribution in [3.8, 4) is 0 Å². The molecule has 0 atom stereocenters. The van der Waals surface area contributed by atoms with E-state index >= 15 is 0 Å². The van der Waals surface area contributed by atoms with Crippen molar-refractivity contribution < 1.29 is 4.84 Å². The fourth-order valence-corrected chi connectivity index (χ4v) is 2.23. The van der Waals surface area contributed by atoms with Crippen molar-refractivity contribution in [1.82, 2.24) is 9.97 Å². The van der Waals surface area contributed by atoms with Gasteiger partial charge in [-0.2, -0.15) is 4.98 Å². The van der Waals surface area contributed by atoms with Gasteiger partial charge in [-0.3, -0.25) is 4.84 Å². The minimum absolute atomic E-state index is 0.346. The van der Waals surface area contributed by atoms with Gasteiger partial charge in [0.25, 0.3) is 0 Å². The summed E-state index contributed by atoms with van der Waals surface area (Å²) in [7, 11) is 0. The Morgan fingerprint density at radius 2 is 1.76 bits per heavy atom. The van der Waals surface area contributed by atoms with Crippen molar-refractivity contribution in [2.75, 3.05) is 18.2 Å². The average Bonchev–Trinajstić information content (AvgIpc) is 2.49. The van der Waals surface area contributed by atoms with Crippen LogP contribution >= 0.6 is 0 Å². The van der Waals surface area contributed by atoms with Crippen molar-refractivity contribution in [3.05, 3.63) is 22.7 Å². The Hall–Kier alpha value is -1.36. The minimum Gasteiger partial charge on any atom is -0.313 e. The predicted octanol–water partition coefficient (Wildman–Crippen LogP) is 3.67. The highest BCUT2D eigenvalue weighted by Gasteiger charge is 2.06. The van der Waals surface area contributed by atoms with Crippen LogP contribution in [0.4, 0.5) is 5.82 Å². The summed E-state index contributed by atoms with van der Waals surface area (Å²) < 4.78 is 0. The molecule has 0 unspecified atom stereocenters. The first-order valence-corrected chi connectivity index (χ1v) is 8.24.